The average Bonchev–Trinajstić information content (AvgIpc) is 2.15. The number of aliphatic carboxylic acids is 1. The van der Waals surface area contributed by atoms with Gasteiger partial charge in [-0.15, -0.1) is 0 Å². The van der Waals surface area contributed by atoms with Gasteiger partial charge in [-0.2, -0.15) is 0 Å². The van der Waals surface area contributed by atoms with Crippen molar-refractivity contribution in [3.63, 3.8) is 0 Å². The van der Waals surface area contributed by atoms with E-state index in [0.29, 0.717) is 12.0 Å². The third-order valence-electron chi connectivity index (χ3n) is 2.48. The summed E-state index contributed by atoms with van der Waals surface area (Å²) in [7, 11) is 0. The van der Waals surface area contributed by atoms with Gasteiger partial charge < -0.3 is 10.0 Å². The molecule has 74 valence electrons. The molecule has 0 aromatic carbocycles. The first kappa shape index (κ1) is 10.3. The lowest BCUT2D eigenvalue weighted by atomic mass is 10.1. The summed E-state index contributed by atoms with van der Waals surface area (Å²) < 4.78 is 0. The Kier molecular flexibility index (Phi) is 3.96. The number of carboxylic acids is 1. The molecule has 1 aliphatic heterocycles. The zero-order valence-electron chi connectivity index (χ0n) is 7.96. The molecule has 0 bridgehead atoms. The van der Waals surface area contributed by atoms with E-state index in [2.05, 4.69) is 11.5 Å². The van der Waals surface area contributed by atoms with Gasteiger partial charge in [0.1, 0.15) is 0 Å². The minimum Gasteiger partial charge on any atom is -0.478 e. The van der Waals surface area contributed by atoms with Gasteiger partial charge in [-0.05, 0) is 32.4 Å². The van der Waals surface area contributed by atoms with Crippen LogP contribution in [0.2, 0.25) is 0 Å². The summed E-state index contributed by atoms with van der Waals surface area (Å²) in [5.74, 6) is -0.864. The molecule has 0 atom stereocenters. The summed E-state index contributed by atoms with van der Waals surface area (Å²) in [4.78, 5) is 12.8. The Bertz CT molecular complexity index is 195. The van der Waals surface area contributed by atoms with Crippen molar-refractivity contribution in [2.45, 2.75) is 25.7 Å². The molecule has 0 aromatic heterocycles. The van der Waals surface area contributed by atoms with Crippen molar-refractivity contribution in [1.82, 2.24) is 4.90 Å². The molecule has 1 heterocycles. The maximum atomic E-state index is 10.5. The first-order valence-corrected chi connectivity index (χ1v) is 4.83. The predicted molar refractivity (Wildman–Crippen MR) is 51.7 cm³/mol. The molecule has 0 saturated carbocycles. The standard InChI is InChI=1S/C10H17NO2/c1-9(10(12)13)5-8-11-6-3-2-4-7-11/h1-8H2,(H,12,13). The Hall–Kier alpha value is -0.830. The molecule has 0 radical (unpaired) electrons. The highest BCUT2D eigenvalue weighted by Gasteiger charge is 2.11. The Morgan fingerprint density at radius 2 is 1.92 bits per heavy atom. The third-order valence-corrected chi connectivity index (χ3v) is 2.48. The number of likely N-dealkylation sites (tertiary alicyclic amines) is 1. The van der Waals surface area contributed by atoms with E-state index < -0.39 is 5.97 Å². The Morgan fingerprint density at radius 1 is 1.31 bits per heavy atom. The molecule has 0 spiro atoms. The second-order valence-corrected chi connectivity index (χ2v) is 3.56. The smallest absolute Gasteiger partial charge is 0.331 e. The SMILES string of the molecule is C=C(CCN1CCCCC1)C(=O)O. The van der Waals surface area contributed by atoms with Crippen LogP contribution < -0.4 is 0 Å². The van der Waals surface area contributed by atoms with E-state index in [0.717, 1.165) is 19.6 Å². The minimum atomic E-state index is -0.864. The van der Waals surface area contributed by atoms with Crippen LogP contribution in [-0.4, -0.2) is 35.6 Å². The lowest BCUT2D eigenvalue weighted by Gasteiger charge is -2.26. The molecule has 0 unspecified atom stereocenters. The van der Waals surface area contributed by atoms with Crippen LogP contribution in [0.5, 0.6) is 0 Å². The van der Waals surface area contributed by atoms with Gasteiger partial charge in [0.05, 0.1) is 0 Å². The van der Waals surface area contributed by atoms with E-state index in [1.54, 1.807) is 0 Å². The van der Waals surface area contributed by atoms with E-state index in [4.69, 9.17) is 5.11 Å². The van der Waals surface area contributed by atoms with E-state index >= 15 is 0 Å². The predicted octanol–water partition coefficient (Wildman–Crippen LogP) is 1.50. The van der Waals surface area contributed by atoms with Crippen LogP contribution in [-0.2, 0) is 4.79 Å². The van der Waals surface area contributed by atoms with Gasteiger partial charge >= 0.3 is 5.97 Å². The number of rotatable bonds is 4. The van der Waals surface area contributed by atoms with Gasteiger partial charge in [0.2, 0.25) is 0 Å². The van der Waals surface area contributed by atoms with Crippen LogP contribution >= 0.6 is 0 Å². The molecule has 1 N–H and O–H groups in total. The molecular formula is C10H17NO2. The van der Waals surface area contributed by atoms with E-state index in [-0.39, 0.29) is 0 Å². The van der Waals surface area contributed by atoms with Gasteiger partial charge in [0.25, 0.3) is 0 Å². The molecule has 3 nitrogen and oxygen atoms in total. The number of hydrogen-bond donors (Lipinski definition) is 1. The molecule has 0 amide bonds. The molecule has 0 aliphatic carbocycles. The maximum absolute atomic E-state index is 10.5. The normalized spacial score (nSPS) is 18.5. The number of piperidine rings is 1. The maximum Gasteiger partial charge on any atom is 0.331 e. The molecule has 13 heavy (non-hydrogen) atoms. The van der Waals surface area contributed by atoms with E-state index in [9.17, 15) is 4.79 Å². The van der Waals surface area contributed by atoms with Crippen molar-refractivity contribution in [2.24, 2.45) is 0 Å². The highest BCUT2D eigenvalue weighted by molar-refractivity contribution is 5.85. The summed E-state index contributed by atoms with van der Waals surface area (Å²) in [5.41, 5.74) is 0.325. The van der Waals surface area contributed by atoms with Crippen molar-refractivity contribution < 1.29 is 9.90 Å². The molecule has 1 saturated heterocycles. The van der Waals surface area contributed by atoms with E-state index in [1.807, 2.05) is 0 Å². The highest BCUT2D eigenvalue weighted by atomic mass is 16.4. The van der Waals surface area contributed by atoms with Gasteiger partial charge in [0.15, 0.2) is 0 Å². The molecule has 1 rings (SSSR count). The first-order chi connectivity index (χ1) is 6.20. The summed E-state index contributed by atoms with van der Waals surface area (Å²) in [6.45, 7) is 6.60. The second kappa shape index (κ2) is 5.02. The molecular weight excluding hydrogens is 166 g/mol. The monoisotopic (exact) mass is 183 g/mol. The first-order valence-electron chi connectivity index (χ1n) is 4.83. The van der Waals surface area contributed by atoms with E-state index in [1.165, 1.54) is 19.3 Å². The number of carboxylic acid groups (broad SMARTS) is 1. The summed E-state index contributed by atoms with van der Waals surface area (Å²) >= 11 is 0. The fourth-order valence-corrected chi connectivity index (χ4v) is 1.58. The van der Waals surface area contributed by atoms with Crippen LogP contribution in [0.1, 0.15) is 25.7 Å². The Labute approximate surface area is 79.0 Å². The zero-order chi connectivity index (χ0) is 9.68. The van der Waals surface area contributed by atoms with Crippen molar-refractivity contribution in [2.75, 3.05) is 19.6 Å². The van der Waals surface area contributed by atoms with Gasteiger partial charge in [-0.25, -0.2) is 4.79 Å². The molecule has 1 aliphatic rings. The van der Waals surface area contributed by atoms with Crippen molar-refractivity contribution >= 4 is 5.97 Å². The van der Waals surface area contributed by atoms with Crippen LogP contribution in [0.4, 0.5) is 0 Å². The summed E-state index contributed by atoms with van der Waals surface area (Å²) in [5, 5.41) is 8.59. The van der Waals surface area contributed by atoms with Crippen LogP contribution in [0.25, 0.3) is 0 Å². The fourth-order valence-electron chi connectivity index (χ4n) is 1.58. The summed E-state index contributed by atoms with van der Waals surface area (Å²) in [6, 6.07) is 0. The number of hydrogen-bond acceptors (Lipinski definition) is 2. The minimum absolute atomic E-state index is 0.325. The van der Waals surface area contributed by atoms with Crippen LogP contribution in [0.3, 0.4) is 0 Å². The van der Waals surface area contributed by atoms with Crippen molar-refractivity contribution in [3.05, 3.63) is 12.2 Å². The third kappa shape index (κ3) is 3.59. The Morgan fingerprint density at radius 3 is 2.46 bits per heavy atom. The number of carbonyl (C=O) groups is 1. The van der Waals surface area contributed by atoms with Crippen molar-refractivity contribution in [1.29, 1.82) is 0 Å². The van der Waals surface area contributed by atoms with Crippen LogP contribution in [0.15, 0.2) is 12.2 Å². The van der Waals surface area contributed by atoms with Crippen LogP contribution in [0, 0.1) is 0 Å². The molecule has 3 heteroatoms. The lowest BCUT2D eigenvalue weighted by molar-refractivity contribution is -0.132. The average molecular weight is 183 g/mol. The molecule has 1 fully saturated rings. The second-order valence-electron chi connectivity index (χ2n) is 3.56. The largest absolute Gasteiger partial charge is 0.478 e. The van der Waals surface area contributed by atoms with Gasteiger partial charge in [0, 0.05) is 12.1 Å². The fraction of sp³-hybridized carbons (Fsp3) is 0.700. The van der Waals surface area contributed by atoms with Crippen molar-refractivity contribution in [3.8, 4) is 0 Å². The molecule has 0 aromatic rings. The Balaban J connectivity index is 2.17. The quantitative estimate of drug-likeness (QED) is 0.671. The van der Waals surface area contributed by atoms with Gasteiger partial charge in [-0.1, -0.05) is 13.0 Å². The van der Waals surface area contributed by atoms with Gasteiger partial charge in [-0.3, -0.25) is 0 Å². The zero-order valence-corrected chi connectivity index (χ0v) is 7.96. The highest BCUT2D eigenvalue weighted by Crippen LogP contribution is 2.10. The summed E-state index contributed by atoms with van der Waals surface area (Å²) in [6.07, 6.45) is 4.41. The lowest BCUT2D eigenvalue weighted by Crippen LogP contribution is -2.31. The topological polar surface area (TPSA) is 40.5 Å². The number of nitrogens with zero attached hydrogens (tertiary/aromatic N) is 1.